The van der Waals surface area contributed by atoms with Crippen LogP contribution in [0.2, 0.25) is 0 Å². The summed E-state index contributed by atoms with van der Waals surface area (Å²) in [6, 6.07) is 11.6. The van der Waals surface area contributed by atoms with Crippen LogP contribution in [0.15, 0.2) is 41.8 Å². The molecule has 0 aliphatic rings. The highest BCUT2D eigenvalue weighted by Gasteiger charge is 2.18. The first-order valence-corrected chi connectivity index (χ1v) is 9.50. The molecule has 2 aromatic rings. The summed E-state index contributed by atoms with van der Waals surface area (Å²) in [4.78, 5) is 1.24. The van der Waals surface area contributed by atoms with Crippen molar-refractivity contribution in [3.8, 4) is 0 Å². The molecule has 0 fully saturated rings. The van der Waals surface area contributed by atoms with Crippen LogP contribution in [0, 0.1) is 5.92 Å². The molecule has 114 valence electrons. The van der Waals surface area contributed by atoms with E-state index in [1.54, 1.807) is 17.4 Å². The fraction of sp³-hybridized carbons (Fsp3) is 0.333. The number of thiophene rings is 1. The van der Waals surface area contributed by atoms with Gasteiger partial charge in [-0.15, -0.1) is 11.3 Å². The Balaban J connectivity index is 2.29. The minimum absolute atomic E-state index is 0.146. The third-order valence-electron chi connectivity index (χ3n) is 3.05. The standard InChI is InChI=1S/C15H20N2O2S2/c1-11(2)15(14-9-6-10-20-14)16-12-7-4-5-8-13(12)17-21(3,18)19/h4-11,15-17H,1-3H3. The van der Waals surface area contributed by atoms with Gasteiger partial charge in [-0.3, -0.25) is 4.72 Å². The molecule has 1 aromatic carbocycles. The highest BCUT2D eigenvalue weighted by Crippen LogP contribution is 2.32. The number of hydrogen-bond donors (Lipinski definition) is 2. The predicted octanol–water partition coefficient (Wildman–Crippen LogP) is 3.93. The van der Waals surface area contributed by atoms with Crippen molar-refractivity contribution in [2.45, 2.75) is 19.9 Å². The van der Waals surface area contributed by atoms with Crippen molar-refractivity contribution < 1.29 is 8.42 Å². The van der Waals surface area contributed by atoms with Crippen LogP contribution in [0.1, 0.15) is 24.8 Å². The zero-order valence-corrected chi connectivity index (χ0v) is 14.0. The lowest BCUT2D eigenvalue weighted by Crippen LogP contribution is -2.18. The molecule has 0 spiro atoms. The molecule has 1 aromatic heterocycles. The number of rotatable bonds is 6. The van der Waals surface area contributed by atoms with Gasteiger partial charge in [0.25, 0.3) is 0 Å². The summed E-state index contributed by atoms with van der Waals surface area (Å²) in [6.07, 6.45) is 1.16. The number of nitrogens with one attached hydrogen (secondary N) is 2. The molecule has 0 amide bonds. The minimum atomic E-state index is -3.30. The Morgan fingerprint density at radius 2 is 1.71 bits per heavy atom. The molecule has 0 radical (unpaired) electrons. The molecule has 1 heterocycles. The second-order valence-electron chi connectivity index (χ2n) is 5.30. The second-order valence-corrected chi connectivity index (χ2v) is 8.03. The number of para-hydroxylation sites is 2. The third kappa shape index (κ3) is 4.47. The van der Waals surface area contributed by atoms with Crippen molar-refractivity contribution in [2.24, 2.45) is 5.92 Å². The summed E-state index contributed by atoms with van der Waals surface area (Å²) >= 11 is 1.70. The lowest BCUT2D eigenvalue weighted by molar-refractivity contribution is 0.554. The predicted molar refractivity (Wildman–Crippen MR) is 90.4 cm³/mol. The maximum absolute atomic E-state index is 11.5. The van der Waals surface area contributed by atoms with Gasteiger partial charge in [0.15, 0.2) is 0 Å². The molecular weight excluding hydrogens is 304 g/mol. The minimum Gasteiger partial charge on any atom is -0.375 e. The van der Waals surface area contributed by atoms with E-state index in [9.17, 15) is 8.42 Å². The van der Waals surface area contributed by atoms with Crippen LogP contribution in [-0.2, 0) is 10.0 Å². The van der Waals surface area contributed by atoms with Crippen molar-refractivity contribution in [3.63, 3.8) is 0 Å². The summed E-state index contributed by atoms with van der Waals surface area (Å²) in [5.74, 6) is 0.384. The van der Waals surface area contributed by atoms with Crippen LogP contribution < -0.4 is 10.0 Å². The topological polar surface area (TPSA) is 58.2 Å². The zero-order chi connectivity index (χ0) is 15.5. The molecule has 21 heavy (non-hydrogen) atoms. The average Bonchev–Trinajstić information content (AvgIpc) is 2.89. The van der Waals surface area contributed by atoms with Gasteiger partial charge in [0.05, 0.1) is 23.7 Å². The van der Waals surface area contributed by atoms with Gasteiger partial charge in [-0.25, -0.2) is 8.42 Å². The maximum atomic E-state index is 11.5. The summed E-state index contributed by atoms with van der Waals surface area (Å²) < 4.78 is 25.5. The van der Waals surface area contributed by atoms with Crippen molar-refractivity contribution in [3.05, 3.63) is 46.7 Å². The normalized spacial score (nSPS) is 13.1. The molecule has 0 saturated carbocycles. The number of sulfonamides is 1. The van der Waals surface area contributed by atoms with Crippen LogP contribution in [0.4, 0.5) is 11.4 Å². The smallest absolute Gasteiger partial charge is 0.229 e. The van der Waals surface area contributed by atoms with E-state index >= 15 is 0 Å². The van der Waals surface area contributed by atoms with Crippen molar-refractivity contribution in [2.75, 3.05) is 16.3 Å². The van der Waals surface area contributed by atoms with Crippen LogP contribution in [0.5, 0.6) is 0 Å². The molecule has 0 bridgehead atoms. The van der Waals surface area contributed by atoms with E-state index in [0.29, 0.717) is 11.6 Å². The quantitative estimate of drug-likeness (QED) is 0.846. The Bertz CT molecular complexity index is 679. The molecule has 1 unspecified atom stereocenters. The van der Waals surface area contributed by atoms with Gasteiger partial charge in [0.2, 0.25) is 10.0 Å². The van der Waals surface area contributed by atoms with Crippen LogP contribution in [-0.4, -0.2) is 14.7 Å². The summed E-state index contributed by atoms with van der Waals surface area (Å²) in [5, 5.41) is 5.50. The lowest BCUT2D eigenvalue weighted by Gasteiger charge is -2.24. The fourth-order valence-corrected chi connectivity index (χ4v) is 3.63. The molecule has 0 saturated heterocycles. The van der Waals surface area contributed by atoms with Gasteiger partial charge in [0.1, 0.15) is 0 Å². The van der Waals surface area contributed by atoms with Crippen LogP contribution in [0.25, 0.3) is 0 Å². The van der Waals surface area contributed by atoms with Gasteiger partial charge in [-0.1, -0.05) is 32.0 Å². The van der Waals surface area contributed by atoms with Gasteiger partial charge < -0.3 is 5.32 Å². The molecule has 1 atom stereocenters. The Labute approximate surface area is 130 Å². The first-order chi connectivity index (χ1) is 9.87. The SMILES string of the molecule is CC(C)C(Nc1ccccc1NS(C)(=O)=O)c1cccs1. The lowest BCUT2D eigenvalue weighted by atomic mass is 10.0. The van der Waals surface area contributed by atoms with E-state index < -0.39 is 10.0 Å². The monoisotopic (exact) mass is 324 g/mol. The van der Waals surface area contributed by atoms with Gasteiger partial charge in [0, 0.05) is 4.88 Å². The van der Waals surface area contributed by atoms with Gasteiger partial charge in [-0.2, -0.15) is 0 Å². The summed E-state index contributed by atoms with van der Waals surface area (Å²) in [7, 11) is -3.30. The van der Waals surface area contributed by atoms with Gasteiger partial charge in [-0.05, 0) is 29.5 Å². The molecular formula is C15H20N2O2S2. The first kappa shape index (κ1) is 15.9. The average molecular weight is 324 g/mol. The number of anilines is 2. The van der Waals surface area contributed by atoms with E-state index in [4.69, 9.17) is 0 Å². The molecule has 4 nitrogen and oxygen atoms in total. The Kier molecular flexibility index (Phi) is 4.90. The Morgan fingerprint density at radius 1 is 1.05 bits per heavy atom. The highest BCUT2D eigenvalue weighted by atomic mass is 32.2. The summed E-state index contributed by atoms with van der Waals surface area (Å²) in [5.41, 5.74) is 1.36. The van der Waals surface area contributed by atoms with Crippen LogP contribution >= 0.6 is 11.3 Å². The Morgan fingerprint density at radius 3 is 2.24 bits per heavy atom. The zero-order valence-electron chi connectivity index (χ0n) is 12.3. The van der Waals surface area contributed by atoms with E-state index in [-0.39, 0.29) is 6.04 Å². The van der Waals surface area contributed by atoms with Crippen molar-refractivity contribution in [1.82, 2.24) is 0 Å². The van der Waals surface area contributed by atoms with E-state index in [1.165, 1.54) is 4.88 Å². The number of benzene rings is 1. The highest BCUT2D eigenvalue weighted by molar-refractivity contribution is 7.92. The van der Waals surface area contributed by atoms with E-state index in [2.05, 4.69) is 30.0 Å². The molecule has 6 heteroatoms. The fourth-order valence-electron chi connectivity index (χ4n) is 2.10. The van der Waals surface area contributed by atoms with Crippen LogP contribution in [0.3, 0.4) is 0 Å². The molecule has 0 aliphatic heterocycles. The molecule has 0 aliphatic carbocycles. The van der Waals surface area contributed by atoms with Gasteiger partial charge >= 0.3 is 0 Å². The van der Waals surface area contributed by atoms with E-state index in [0.717, 1.165) is 11.9 Å². The molecule has 2 N–H and O–H groups in total. The van der Waals surface area contributed by atoms with Crippen molar-refractivity contribution >= 4 is 32.7 Å². The largest absolute Gasteiger partial charge is 0.375 e. The number of hydrogen-bond acceptors (Lipinski definition) is 4. The maximum Gasteiger partial charge on any atom is 0.229 e. The molecule has 2 rings (SSSR count). The van der Waals surface area contributed by atoms with Crippen molar-refractivity contribution in [1.29, 1.82) is 0 Å². The summed E-state index contributed by atoms with van der Waals surface area (Å²) in [6.45, 7) is 4.29. The second kappa shape index (κ2) is 6.49. The van der Waals surface area contributed by atoms with E-state index in [1.807, 2.05) is 29.6 Å². The first-order valence-electron chi connectivity index (χ1n) is 6.73. The third-order valence-corrected chi connectivity index (χ3v) is 4.60. The Hall–Kier alpha value is -1.53.